The van der Waals surface area contributed by atoms with Gasteiger partial charge in [0.15, 0.2) is 17.8 Å². The second-order valence-corrected chi connectivity index (χ2v) is 21.4. The number of rotatable bonds is 8. The predicted octanol–water partition coefficient (Wildman–Crippen LogP) is 7.67. The molecule has 1 amide bonds. The van der Waals surface area contributed by atoms with Crippen molar-refractivity contribution in [2.45, 2.75) is 142 Å². The number of amides is 1. The van der Waals surface area contributed by atoms with E-state index in [0.29, 0.717) is 62.4 Å². The minimum Gasteiger partial charge on any atom is -0.454 e. The Morgan fingerprint density at radius 3 is 2.28 bits per heavy atom. The molecule has 17 nitrogen and oxygen atoms in total. The Bertz CT molecular complexity index is 2320. The van der Waals surface area contributed by atoms with Crippen LogP contribution in [0.5, 0.6) is 0 Å². The van der Waals surface area contributed by atoms with Gasteiger partial charge in [-0.25, -0.2) is 29.2 Å². The van der Waals surface area contributed by atoms with Crippen molar-refractivity contribution in [1.82, 2.24) is 19.8 Å². The van der Waals surface area contributed by atoms with Gasteiger partial charge in [0, 0.05) is 70.8 Å². The van der Waals surface area contributed by atoms with E-state index in [1.165, 1.54) is 12.0 Å². The molecule has 2 saturated heterocycles. The highest BCUT2D eigenvalue weighted by Crippen LogP contribution is 2.56. The van der Waals surface area contributed by atoms with Gasteiger partial charge >= 0.3 is 30.4 Å². The highest BCUT2D eigenvalue weighted by atomic mass is 35.5. The lowest BCUT2D eigenvalue weighted by molar-refractivity contribution is -0.227. The molecule has 380 valence electrons. The number of anilines is 2. The second-order valence-electron chi connectivity index (χ2n) is 21.0. The number of alkyl halides is 3. The van der Waals surface area contributed by atoms with Crippen molar-refractivity contribution in [3.63, 3.8) is 0 Å². The van der Waals surface area contributed by atoms with Gasteiger partial charge in [0.05, 0.1) is 10.7 Å². The molecular weight excluding hydrogens is 929 g/mol. The summed E-state index contributed by atoms with van der Waals surface area (Å²) in [5.74, 6) is -3.02. The summed E-state index contributed by atoms with van der Waals surface area (Å²) in [6.45, 7) is 19.2. The van der Waals surface area contributed by atoms with E-state index in [2.05, 4.69) is 21.8 Å². The molecule has 0 spiro atoms. The van der Waals surface area contributed by atoms with E-state index in [-0.39, 0.29) is 22.8 Å². The first-order valence-electron chi connectivity index (χ1n) is 23.3. The van der Waals surface area contributed by atoms with Gasteiger partial charge in [-0.2, -0.15) is 13.2 Å². The molecule has 2 aliphatic carbocycles. The number of nitrogens with zero attached hydrogens (tertiary/aromatic N) is 6. The highest BCUT2D eigenvalue weighted by Gasteiger charge is 2.67. The van der Waals surface area contributed by atoms with Crippen molar-refractivity contribution >= 4 is 47.4 Å². The number of hydrogen-bond donors (Lipinski definition) is 1. The number of fused-ring (bicyclic) bond motifs is 4. The number of aromatic nitrogens is 2. The van der Waals surface area contributed by atoms with E-state index in [4.69, 9.17) is 40.1 Å². The first-order valence-corrected chi connectivity index (χ1v) is 23.7. The zero-order valence-electron chi connectivity index (χ0n) is 41.0. The molecule has 3 aliphatic heterocycles. The van der Waals surface area contributed by atoms with E-state index < -0.39 is 101 Å². The Kier molecular flexibility index (Phi) is 14.3. The van der Waals surface area contributed by atoms with Gasteiger partial charge in [-0.05, 0) is 96.8 Å². The van der Waals surface area contributed by atoms with E-state index >= 15 is 4.79 Å². The Morgan fingerprint density at radius 2 is 1.65 bits per heavy atom. The molecular formula is C48H64ClF3N6O11. The van der Waals surface area contributed by atoms with Crippen LogP contribution < -0.4 is 9.96 Å². The zero-order chi connectivity index (χ0) is 50.8. The lowest BCUT2D eigenvalue weighted by Gasteiger charge is -2.56. The Labute approximate surface area is 405 Å². The first-order chi connectivity index (χ1) is 32.0. The summed E-state index contributed by atoms with van der Waals surface area (Å²) in [5, 5.41) is 14.9. The summed E-state index contributed by atoms with van der Waals surface area (Å²) in [6.07, 6.45) is -7.18. The maximum atomic E-state index is 15.3. The minimum atomic E-state index is -4.60. The maximum absolute atomic E-state index is 15.3. The SMILES string of the molecule is CC(=O)O[C@@H]1C(C)=C[C@@H]2[C@H]([C@@H](C)CN3CCN(c4nccc(C(F)(F)F)n4)CC3)CC[C@@H](C)[C@]2(O)[C@H]1OC(=O)[C@@H]1C[C@@]2(OC(=O)OC(C)(C)C)c3cccc(Cl)c3N(C)O[C@H]2N1C(=O)OC(C)(C)C. The number of hydrogen-bond acceptors (Lipinski definition) is 16. The van der Waals surface area contributed by atoms with Crippen molar-refractivity contribution in [3.8, 4) is 0 Å². The van der Waals surface area contributed by atoms with E-state index in [1.807, 2.05) is 13.0 Å². The Balaban J connectivity index is 1.21. The molecule has 7 rings (SSSR count). The maximum Gasteiger partial charge on any atom is 0.509 e. The van der Waals surface area contributed by atoms with Crippen molar-refractivity contribution < 1.29 is 66.0 Å². The smallest absolute Gasteiger partial charge is 0.454 e. The van der Waals surface area contributed by atoms with E-state index in [0.717, 1.165) is 17.2 Å². The normalized spacial score (nSPS) is 30.0. The van der Waals surface area contributed by atoms with Crippen LogP contribution in [0.1, 0.15) is 99.8 Å². The molecule has 5 aliphatic rings. The quantitative estimate of drug-likeness (QED) is 0.154. The van der Waals surface area contributed by atoms with Gasteiger partial charge in [-0.15, -0.1) is 0 Å². The van der Waals surface area contributed by atoms with Crippen molar-refractivity contribution in [2.75, 3.05) is 49.7 Å². The van der Waals surface area contributed by atoms with Gasteiger partial charge in [0.25, 0.3) is 0 Å². The number of piperazine rings is 1. The number of halogens is 4. The van der Waals surface area contributed by atoms with Crippen LogP contribution in [-0.2, 0) is 49.9 Å². The van der Waals surface area contributed by atoms with Crippen LogP contribution in [0.25, 0.3) is 0 Å². The third kappa shape index (κ3) is 10.4. The molecule has 1 aromatic heterocycles. The standard InChI is InChI=1S/C48H64ClF3N6O11/c1-26-23-32-30(27(2)25-56-19-21-57(22-20-56)41-53-18-17-35(54-41)48(50,51)52)16-15-28(3)47(32,63)38(37(26)64-29(4)59)65-39(60)34-24-46(68-43(62)67-45(8,9)10)31-13-12-14-33(49)36(31)55(11)69-40(46)58(34)42(61)66-44(5,6)7/h12-14,17-18,23,27-28,30,32,34,37-38,40,63H,15-16,19-22,24-25H2,1-11H3/t27-,28+,30-,32+,34-,37+,38-,40+,46+,47+/m0/s1. The molecule has 2 aromatic rings. The summed E-state index contributed by atoms with van der Waals surface area (Å²) in [5.41, 5.74) is -5.68. The van der Waals surface area contributed by atoms with Crippen LogP contribution in [0.15, 0.2) is 42.1 Å². The molecule has 1 saturated carbocycles. The van der Waals surface area contributed by atoms with Gasteiger partial charge < -0.3 is 33.7 Å². The zero-order valence-corrected chi connectivity index (χ0v) is 41.7. The van der Waals surface area contributed by atoms with Crippen LogP contribution in [0.2, 0.25) is 5.02 Å². The van der Waals surface area contributed by atoms with Crippen molar-refractivity contribution in [3.05, 3.63) is 58.4 Å². The molecule has 0 bridgehead atoms. The van der Waals surface area contributed by atoms with Crippen LogP contribution in [0.3, 0.4) is 0 Å². The second kappa shape index (κ2) is 19.0. The molecule has 10 atom stereocenters. The lowest BCUT2D eigenvalue weighted by Crippen LogP contribution is -2.66. The van der Waals surface area contributed by atoms with Crippen LogP contribution >= 0.6 is 11.6 Å². The molecule has 0 radical (unpaired) electrons. The topological polar surface area (TPSA) is 183 Å². The summed E-state index contributed by atoms with van der Waals surface area (Å²) < 4.78 is 70.4. The average molecular weight is 994 g/mol. The van der Waals surface area contributed by atoms with Crippen molar-refractivity contribution in [1.29, 1.82) is 0 Å². The third-order valence-corrected chi connectivity index (χ3v) is 14.1. The Hall–Kier alpha value is -4.92. The third-order valence-electron chi connectivity index (χ3n) is 13.8. The summed E-state index contributed by atoms with van der Waals surface area (Å²) in [6, 6.07) is 4.14. The number of ether oxygens (including phenoxy) is 5. The number of benzene rings is 1. The van der Waals surface area contributed by atoms with Crippen LogP contribution in [-0.4, -0.2) is 130 Å². The Morgan fingerprint density at radius 1 is 0.986 bits per heavy atom. The average Bonchev–Trinajstić information content (AvgIpc) is 3.56. The summed E-state index contributed by atoms with van der Waals surface area (Å²) in [7, 11) is 1.55. The fourth-order valence-electron chi connectivity index (χ4n) is 10.7. The van der Waals surface area contributed by atoms with Crippen LogP contribution in [0.4, 0.5) is 34.4 Å². The summed E-state index contributed by atoms with van der Waals surface area (Å²) in [4.78, 5) is 75.6. The fraction of sp³-hybridized carbons (Fsp3) is 0.667. The summed E-state index contributed by atoms with van der Waals surface area (Å²) >= 11 is 6.74. The number of esters is 2. The number of para-hydroxylation sites is 1. The molecule has 21 heteroatoms. The molecule has 1 N–H and O–H groups in total. The van der Waals surface area contributed by atoms with Gasteiger partial charge in [-0.1, -0.05) is 43.7 Å². The molecule has 4 heterocycles. The number of carbonyl (C=O) groups is 4. The number of likely N-dealkylation sites (tertiary alicyclic amines) is 1. The predicted molar refractivity (Wildman–Crippen MR) is 245 cm³/mol. The molecule has 1 aromatic carbocycles. The molecule has 69 heavy (non-hydrogen) atoms. The molecule has 3 fully saturated rings. The van der Waals surface area contributed by atoms with Crippen molar-refractivity contribution in [2.24, 2.45) is 23.7 Å². The monoisotopic (exact) mass is 992 g/mol. The molecule has 0 unspecified atom stereocenters. The highest BCUT2D eigenvalue weighted by molar-refractivity contribution is 6.33. The van der Waals surface area contributed by atoms with E-state index in [9.17, 15) is 32.7 Å². The largest absolute Gasteiger partial charge is 0.509 e. The number of carbonyl (C=O) groups excluding carboxylic acids is 4. The number of aliphatic hydroxyl groups is 1. The van der Waals surface area contributed by atoms with Gasteiger partial charge in [0.2, 0.25) is 12.2 Å². The van der Waals surface area contributed by atoms with Crippen LogP contribution in [0, 0.1) is 23.7 Å². The minimum absolute atomic E-state index is 0.0139. The van der Waals surface area contributed by atoms with E-state index in [1.54, 1.807) is 78.6 Å². The number of hydroxylamine groups is 1. The lowest BCUT2D eigenvalue weighted by atomic mass is 9.55. The van der Waals surface area contributed by atoms with Gasteiger partial charge in [-0.3, -0.25) is 19.7 Å². The first kappa shape index (κ1) is 51.9. The van der Waals surface area contributed by atoms with Gasteiger partial charge in [0.1, 0.15) is 28.5 Å². The fourth-order valence-corrected chi connectivity index (χ4v) is 11.0.